The Morgan fingerprint density at radius 3 is 1.54 bits per heavy atom. The fourth-order valence-corrected chi connectivity index (χ4v) is 4.71. The zero-order valence-electron chi connectivity index (χ0n) is 25.4. The largest absolute Gasteiger partial charge is 0.481 e. The van der Waals surface area contributed by atoms with Gasteiger partial charge in [-0.15, -0.1) is 23.2 Å². The van der Waals surface area contributed by atoms with Gasteiger partial charge in [0.15, 0.2) is 0 Å². The Hall–Kier alpha value is -3.20. The average molecular weight is 674 g/mol. The van der Waals surface area contributed by atoms with Crippen LogP contribution in [0.1, 0.15) is 51.7 Å². The number of aliphatic carboxylic acids is 1. The topological polar surface area (TPSA) is 116 Å². The van der Waals surface area contributed by atoms with Crippen LogP contribution < -0.4 is 21.7 Å². The van der Waals surface area contributed by atoms with Gasteiger partial charge < -0.3 is 26.8 Å². The summed E-state index contributed by atoms with van der Waals surface area (Å²) >= 11 is 9.53. The van der Waals surface area contributed by atoms with Gasteiger partial charge in [0.1, 0.15) is 0 Å². The van der Waals surface area contributed by atoms with Crippen LogP contribution in [0.2, 0.25) is 0 Å². The van der Waals surface area contributed by atoms with E-state index in [1.807, 2.05) is 66.7 Å². The van der Waals surface area contributed by atoms with Crippen LogP contribution in [0, 0.1) is 0 Å². The number of fused-ring (bicyclic) bond motifs is 2. The number of nitrogens with two attached hydrogens (primary N) is 1. The van der Waals surface area contributed by atoms with Gasteiger partial charge in [-0.25, -0.2) is 0 Å². The van der Waals surface area contributed by atoms with Crippen molar-refractivity contribution in [2.24, 2.45) is 5.73 Å². The maximum absolute atomic E-state index is 12.2. The van der Waals surface area contributed by atoms with Crippen LogP contribution in [0.15, 0.2) is 84.9 Å². The van der Waals surface area contributed by atoms with E-state index in [1.54, 1.807) is 0 Å². The van der Waals surface area contributed by atoms with Gasteiger partial charge in [-0.3, -0.25) is 9.59 Å². The molecule has 0 radical (unpaired) electrons. The highest BCUT2D eigenvalue weighted by molar-refractivity contribution is 6.40. The van der Waals surface area contributed by atoms with Crippen molar-refractivity contribution in [2.75, 3.05) is 44.6 Å². The Morgan fingerprint density at radius 2 is 1.04 bits per heavy atom. The lowest BCUT2D eigenvalue weighted by Crippen LogP contribution is -2.29. The Morgan fingerprint density at radius 1 is 0.609 bits per heavy atom. The first kappa shape index (κ1) is 42.8. The standard InChI is InChI=1S/C22H34N4O.C12H10O2.CH2Cl2.2CH4/c23-12-6-15-24-13-3-4-14-25-16-7-17-26-22(27)18-20-10-5-9-19-8-1-2-11-21(19)20;13-12(14)8-10-6-3-5-9-4-1-2-7-11(9)10;2-1-3;;/h1-2,5,8-11,24-25H,3-4,6-7,12-18,23H2,(H,26,27);1-7H,8H2,(H,13,14);1H2;2*1H4. The van der Waals surface area contributed by atoms with E-state index in [-0.39, 0.29) is 32.5 Å². The van der Waals surface area contributed by atoms with Crippen LogP contribution in [0.3, 0.4) is 0 Å². The third-order valence-electron chi connectivity index (χ3n) is 6.82. The number of carbonyl (C=O) groups is 2. The molecule has 0 atom stereocenters. The predicted molar refractivity (Wildman–Crippen MR) is 199 cm³/mol. The molecule has 0 heterocycles. The number of carboxylic acids is 1. The van der Waals surface area contributed by atoms with Crippen molar-refractivity contribution in [1.82, 2.24) is 16.0 Å². The van der Waals surface area contributed by atoms with E-state index in [1.165, 1.54) is 18.2 Å². The van der Waals surface area contributed by atoms with Crippen molar-refractivity contribution in [3.8, 4) is 0 Å². The SMILES string of the molecule is C.C.ClCCl.NCCCNCCCCNCCCNC(=O)Cc1cccc2ccccc12.O=C(O)Cc1cccc2ccccc12. The second kappa shape index (κ2) is 27.0. The summed E-state index contributed by atoms with van der Waals surface area (Å²) in [7, 11) is 0. The summed E-state index contributed by atoms with van der Waals surface area (Å²) in [4.78, 5) is 22.8. The van der Waals surface area contributed by atoms with Gasteiger partial charge in [-0.2, -0.15) is 0 Å². The molecule has 4 aromatic rings. The van der Waals surface area contributed by atoms with E-state index < -0.39 is 5.97 Å². The second-order valence-corrected chi connectivity index (χ2v) is 11.0. The quantitative estimate of drug-likeness (QED) is 0.0627. The summed E-state index contributed by atoms with van der Waals surface area (Å²) in [5.74, 6) is -0.698. The molecule has 9 heteroatoms. The Kier molecular flexibility index (Phi) is 25.1. The first-order valence-corrected chi connectivity index (χ1v) is 16.2. The fraction of sp³-hybridized carbons (Fsp3) is 0.405. The van der Waals surface area contributed by atoms with Crippen molar-refractivity contribution in [1.29, 1.82) is 0 Å². The molecule has 0 fully saturated rings. The van der Waals surface area contributed by atoms with E-state index in [0.29, 0.717) is 6.42 Å². The smallest absolute Gasteiger partial charge is 0.307 e. The molecule has 4 aromatic carbocycles. The van der Waals surface area contributed by atoms with E-state index >= 15 is 0 Å². The highest BCUT2D eigenvalue weighted by Crippen LogP contribution is 2.19. The zero-order valence-corrected chi connectivity index (χ0v) is 26.9. The van der Waals surface area contributed by atoms with Crippen molar-refractivity contribution in [3.63, 3.8) is 0 Å². The molecule has 0 saturated carbocycles. The molecule has 0 aliphatic rings. The summed E-state index contributed by atoms with van der Waals surface area (Å²) in [5, 5.41) is 23.2. The maximum atomic E-state index is 12.2. The number of benzene rings is 4. The molecule has 46 heavy (non-hydrogen) atoms. The van der Waals surface area contributed by atoms with Gasteiger partial charge in [0.2, 0.25) is 5.91 Å². The number of amides is 1. The summed E-state index contributed by atoms with van der Waals surface area (Å²) in [6.07, 6.45) is 4.87. The van der Waals surface area contributed by atoms with Crippen LogP contribution in [0.4, 0.5) is 0 Å². The minimum atomic E-state index is -0.790. The molecule has 0 unspecified atom stereocenters. The Labute approximate surface area is 286 Å². The summed E-state index contributed by atoms with van der Waals surface area (Å²) in [5.41, 5.74) is 7.41. The monoisotopic (exact) mass is 672 g/mol. The molecule has 0 aliphatic carbocycles. The second-order valence-electron chi connectivity index (χ2n) is 10.2. The molecule has 0 aromatic heterocycles. The van der Waals surface area contributed by atoms with Gasteiger partial charge in [-0.05, 0) is 91.1 Å². The average Bonchev–Trinajstić information content (AvgIpc) is 3.02. The highest BCUT2D eigenvalue weighted by Gasteiger charge is 2.06. The molecule has 0 bridgehead atoms. The molecule has 1 amide bonds. The fourth-order valence-electron chi connectivity index (χ4n) is 4.71. The molecule has 4 rings (SSSR count). The number of carboxylic acid groups (broad SMARTS) is 1. The van der Waals surface area contributed by atoms with Crippen molar-refractivity contribution < 1.29 is 14.7 Å². The first-order valence-electron chi connectivity index (χ1n) is 15.1. The van der Waals surface area contributed by atoms with E-state index in [2.05, 4.69) is 34.1 Å². The molecule has 0 saturated heterocycles. The number of nitrogens with one attached hydrogen (secondary N) is 3. The molecule has 0 aliphatic heterocycles. The van der Waals surface area contributed by atoms with Gasteiger partial charge in [-0.1, -0.05) is 99.8 Å². The van der Waals surface area contributed by atoms with E-state index in [0.717, 1.165) is 79.4 Å². The van der Waals surface area contributed by atoms with Crippen molar-refractivity contribution in [3.05, 3.63) is 96.1 Å². The lowest BCUT2D eigenvalue weighted by molar-refractivity contribution is -0.136. The number of halogens is 2. The zero-order chi connectivity index (χ0) is 31.8. The maximum Gasteiger partial charge on any atom is 0.307 e. The minimum Gasteiger partial charge on any atom is -0.481 e. The summed E-state index contributed by atoms with van der Waals surface area (Å²) < 4.78 is 0. The number of hydrogen-bond donors (Lipinski definition) is 5. The highest BCUT2D eigenvalue weighted by atomic mass is 35.5. The van der Waals surface area contributed by atoms with Gasteiger partial charge in [0.25, 0.3) is 0 Å². The molecular weight excluding hydrogens is 619 g/mol. The normalized spacial score (nSPS) is 9.98. The first-order chi connectivity index (χ1) is 21.5. The van der Waals surface area contributed by atoms with Crippen LogP contribution in [0.25, 0.3) is 21.5 Å². The lowest BCUT2D eigenvalue weighted by Gasteiger charge is -2.09. The van der Waals surface area contributed by atoms with Gasteiger partial charge in [0, 0.05) is 6.54 Å². The van der Waals surface area contributed by atoms with Gasteiger partial charge in [0.05, 0.1) is 18.2 Å². The van der Waals surface area contributed by atoms with E-state index in [4.69, 9.17) is 34.0 Å². The van der Waals surface area contributed by atoms with Crippen molar-refractivity contribution in [2.45, 2.75) is 53.4 Å². The number of hydrogen-bond acceptors (Lipinski definition) is 5. The molecule has 6 N–H and O–H groups in total. The van der Waals surface area contributed by atoms with Crippen LogP contribution in [-0.2, 0) is 22.4 Å². The van der Waals surface area contributed by atoms with Crippen LogP contribution >= 0.6 is 23.2 Å². The minimum absolute atomic E-state index is 0. The molecule has 254 valence electrons. The third-order valence-corrected chi connectivity index (χ3v) is 6.82. The molecule has 0 spiro atoms. The van der Waals surface area contributed by atoms with E-state index in [9.17, 15) is 9.59 Å². The third kappa shape index (κ3) is 17.5. The summed E-state index contributed by atoms with van der Waals surface area (Å²) in [6.45, 7) is 5.52. The van der Waals surface area contributed by atoms with Crippen LogP contribution in [0.5, 0.6) is 0 Å². The van der Waals surface area contributed by atoms with Gasteiger partial charge >= 0.3 is 5.97 Å². The number of alkyl halides is 2. The van der Waals surface area contributed by atoms with Crippen LogP contribution in [-0.4, -0.2) is 61.6 Å². The summed E-state index contributed by atoms with van der Waals surface area (Å²) in [6, 6.07) is 27.9. The Balaban J connectivity index is 0.000000895. The predicted octanol–water partition coefficient (Wildman–Crippen LogP) is 7.36. The molecule has 7 nitrogen and oxygen atoms in total. The Bertz CT molecular complexity index is 1380. The molecular formula is C37H54Cl2N4O3. The number of carbonyl (C=O) groups excluding carboxylic acids is 1. The van der Waals surface area contributed by atoms with Crippen molar-refractivity contribution >= 4 is 56.6 Å². The number of unbranched alkanes of at least 4 members (excludes halogenated alkanes) is 1. The number of rotatable bonds is 16. The lowest BCUT2D eigenvalue weighted by atomic mass is 10.0.